The number of hydrogen-bond donors (Lipinski definition) is 1. The average Bonchev–Trinajstić information content (AvgIpc) is 2.49. The second-order valence-electron chi connectivity index (χ2n) is 5.28. The molecule has 1 N–H and O–H groups in total. The molecule has 2 rings (SSSR count). The molecule has 0 saturated carbocycles. The Morgan fingerprint density at radius 3 is 2.76 bits per heavy atom. The van der Waals surface area contributed by atoms with Gasteiger partial charge in [0.15, 0.2) is 9.84 Å². The number of sulfone groups is 1. The Kier molecular flexibility index (Phi) is 4.82. The zero-order valence-electron chi connectivity index (χ0n) is 10.5. The minimum atomic E-state index is -2.75. The van der Waals surface area contributed by atoms with E-state index < -0.39 is 9.84 Å². The third-order valence-electron chi connectivity index (χ3n) is 3.85. The summed E-state index contributed by atoms with van der Waals surface area (Å²) in [6, 6.07) is 0.656. The van der Waals surface area contributed by atoms with Crippen molar-refractivity contribution < 1.29 is 8.42 Å². The number of hydrogen-bond acceptors (Lipinski definition) is 4. The summed E-state index contributed by atoms with van der Waals surface area (Å²) in [6.45, 7) is 3.88. The molecule has 2 aliphatic rings. The fourth-order valence-electron chi connectivity index (χ4n) is 2.72. The van der Waals surface area contributed by atoms with E-state index in [1.165, 1.54) is 25.7 Å². The molecule has 0 aromatic heterocycles. The molecule has 0 aromatic carbocycles. The van der Waals surface area contributed by atoms with Gasteiger partial charge >= 0.3 is 0 Å². The Morgan fingerprint density at radius 1 is 1.12 bits per heavy atom. The van der Waals surface area contributed by atoms with Crippen molar-refractivity contribution in [1.82, 2.24) is 10.2 Å². The first-order valence-corrected chi connectivity index (χ1v) is 8.64. The van der Waals surface area contributed by atoms with Crippen molar-refractivity contribution in [1.29, 1.82) is 0 Å². The summed E-state index contributed by atoms with van der Waals surface area (Å²) >= 11 is 0. The van der Waals surface area contributed by atoms with Gasteiger partial charge in [-0.25, -0.2) is 8.42 Å². The van der Waals surface area contributed by atoms with Crippen molar-refractivity contribution in [3.8, 4) is 0 Å². The van der Waals surface area contributed by atoms with Gasteiger partial charge in [-0.3, -0.25) is 0 Å². The second kappa shape index (κ2) is 6.16. The third kappa shape index (κ3) is 4.56. The Hall–Kier alpha value is -0.130. The van der Waals surface area contributed by atoms with Crippen LogP contribution >= 0.6 is 0 Å². The minimum Gasteiger partial charge on any atom is -0.314 e. The molecular formula is C12H24N2O2S. The van der Waals surface area contributed by atoms with Gasteiger partial charge in [-0.1, -0.05) is 6.42 Å². The predicted molar refractivity (Wildman–Crippen MR) is 70.0 cm³/mol. The fourth-order valence-corrected chi connectivity index (χ4v) is 4.03. The quantitative estimate of drug-likeness (QED) is 0.809. The molecule has 0 aromatic rings. The van der Waals surface area contributed by atoms with Crippen LogP contribution in [0.5, 0.6) is 0 Å². The molecule has 5 heteroatoms. The van der Waals surface area contributed by atoms with Crippen LogP contribution in [0.2, 0.25) is 0 Å². The topological polar surface area (TPSA) is 49.4 Å². The summed E-state index contributed by atoms with van der Waals surface area (Å²) < 4.78 is 23.0. The first-order chi connectivity index (χ1) is 8.16. The maximum Gasteiger partial charge on any atom is 0.151 e. The first kappa shape index (κ1) is 13.3. The van der Waals surface area contributed by atoms with Crippen LogP contribution in [0.4, 0.5) is 0 Å². The van der Waals surface area contributed by atoms with Crippen molar-refractivity contribution in [2.45, 2.75) is 38.1 Å². The predicted octanol–water partition coefficient (Wildman–Crippen LogP) is 0.639. The Labute approximate surface area is 105 Å². The molecule has 0 spiro atoms. The van der Waals surface area contributed by atoms with Crippen LogP contribution in [0.1, 0.15) is 32.1 Å². The summed E-state index contributed by atoms with van der Waals surface area (Å²) in [6.07, 6.45) is 5.90. The monoisotopic (exact) mass is 260 g/mol. The van der Waals surface area contributed by atoms with Crippen molar-refractivity contribution >= 4 is 9.84 Å². The number of piperidine rings is 1. The highest BCUT2D eigenvalue weighted by Crippen LogP contribution is 2.12. The van der Waals surface area contributed by atoms with Crippen molar-refractivity contribution in [2.24, 2.45) is 0 Å². The Balaban J connectivity index is 1.71. The highest BCUT2D eigenvalue weighted by molar-refractivity contribution is 7.91. The lowest BCUT2D eigenvalue weighted by molar-refractivity contribution is 0.261. The molecule has 2 aliphatic heterocycles. The largest absolute Gasteiger partial charge is 0.314 e. The van der Waals surface area contributed by atoms with E-state index in [0.717, 1.165) is 32.6 Å². The number of rotatable bonds is 3. The molecule has 0 amide bonds. The van der Waals surface area contributed by atoms with Crippen LogP contribution in [0.3, 0.4) is 0 Å². The molecule has 4 nitrogen and oxygen atoms in total. The molecule has 0 bridgehead atoms. The SMILES string of the molecule is O=S1(=O)CCCN(CCC2CCCCN2)CC1. The van der Waals surface area contributed by atoms with E-state index in [2.05, 4.69) is 10.2 Å². The molecule has 17 heavy (non-hydrogen) atoms. The molecule has 0 radical (unpaired) electrons. The lowest BCUT2D eigenvalue weighted by Crippen LogP contribution is -2.38. The van der Waals surface area contributed by atoms with Gasteiger partial charge < -0.3 is 10.2 Å². The van der Waals surface area contributed by atoms with Crippen LogP contribution in [-0.2, 0) is 9.84 Å². The Bertz CT molecular complexity index is 323. The van der Waals surface area contributed by atoms with E-state index in [-0.39, 0.29) is 0 Å². The molecule has 1 unspecified atom stereocenters. The third-order valence-corrected chi connectivity index (χ3v) is 5.57. The highest BCUT2D eigenvalue weighted by atomic mass is 32.2. The smallest absolute Gasteiger partial charge is 0.151 e. The molecule has 100 valence electrons. The zero-order valence-corrected chi connectivity index (χ0v) is 11.3. The molecular weight excluding hydrogens is 236 g/mol. The molecule has 0 aliphatic carbocycles. The van der Waals surface area contributed by atoms with Crippen molar-refractivity contribution in [3.63, 3.8) is 0 Å². The van der Waals surface area contributed by atoms with Crippen molar-refractivity contribution in [2.75, 3.05) is 37.7 Å². The lowest BCUT2D eigenvalue weighted by atomic mass is 10.0. The van der Waals surface area contributed by atoms with Gasteiger partial charge in [0, 0.05) is 12.6 Å². The normalized spacial score (nSPS) is 30.9. The summed E-state index contributed by atoms with van der Waals surface area (Å²) in [7, 11) is -2.75. The molecule has 2 heterocycles. The summed E-state index contributed by atoms with van der Waals surface area (Å²) in [5.41, 5.74) is 0. The van der Waals surface area contributed by atoms with Crippen LogP contribution in [0.15, 0.2) is 0 Å². The molecule has 2 saturated heterocycles. The Morgan fingerprint density at radius 2 is 2.00 bits per heavy atom. The number of nitrogens with one attached hydrogen (secondary N) is 1. The standard InChI is InChI=1S/C12H24N2O2S/c15-17(16)10-3-7-14(9-11-17)8-5-12-4-1-2-6-13-12/h12-13H,1-11H2. The van der Waals surface area contributed by atoms with Crippen LogP contribution in [-0.4, -0.2) is 57.0 Å². The number of nitrogens with zero attached hydrogens (tertiary/aromatic N) is 1. The maximum absolute atomic E-state index is 11.5. The van der Waals surface area contributed by atoms with E-state index in [9.17, 15) is 8.42 Å². The van der Waals surface area contributed by atoms with Crippen LogP contribution in [0, 0.1) is 0 Å². The maximum atomic E-state index is 11.5. The summed E-state index contributed by atoms with van der Waals surface area (Å²) in [5.74, 6) is 0.732. The fraction of sp³-hybridized carbons (Fsp3) is 1.00. The van der Waals surface area contributed by atoms with Gasteiger partial charge in [-0.05, 0) is 45.3 Å². The average molecular weight is 260 g/mol. The lowest BCUT2D eigenvalue weighted by Gasteiger charge is -2.26. The van der Waals surface area contributed by atoms with E-state index in [1.54, 1.807) is 0 Å². The van der Waals surface area contributed by atoms with E-state index >= 15 is 0 Å². The van der Waals surface area contributed by atoms with Crippen LogP contribution < -0.4 is 5.32 Å². The van der Waals surface area contributed by atoms with Gasteiger partial charge in [0.05, 0.1) is 11.5 Å². The molecule has 2 fully saturated rings. The van der Waals surface area contributed by atoms with Gasteiger partial charge in [-0.2, -0.15) is 0 Å². The molecule has 1 atom stereocenters. The summed E-state index contributed by atoms with van der Waals surface area (Å²) in [5, 5.41) is 3.55. The van der Waals surface area contributed by atoms with Gasteiger partial charge in [-0.15, -0.1) is 0 Å². The second-order valence-corrected chi connectivity index (χ2v) is 7.59. The highest BCUT2D eigenvalue weighted by Gasteiger charge is 2.20. The van der Waals surface area contributed by atoms with Gasteiger partial charge in [0.25, 0.3) is 0 Å². The minimum absolute atomic E-state index is 0.352. The first-order valence-electron chi connectivity index (χ1n) is 6.82. The van der Waals surface area contributed by atoms with Crippen molar-refractivity contribution in [3.05, 3.63) is 0 Å². The van der Waals surface area contributed by atoms with Gasteiger partial charge in [0.2, 0.25) is 0 Å². The van der Waals surface area contributed by atoms with Crippen LogP contribution in [0.25, 0.3) is 0 Å². The van der Waals surface area contributed by atoms with E-state index in [1.807, 2.05) is 0 Å². The zero-order chi connectivity index (χ0) is 12.1. The van der Waals surface area contributed by atoms with E-state index in [0.29, 0.717) is 17.5 Å². The van der Waals surface area contributed by atoms with Gasteiger partial charge in [0.1, 0.15) is 0 Å². The summed E-state index contributed by atoms with van der Waals surface area (Å²) in [4.78, 5) is 2.32. The van der Waals surface area contributed by atoms with E-state index in [4.69, 9.17) is 0 Å².